The lowest BCUT2D eigenvalue weighted by Gasteiger charge is -2.24. The van der Waals surface area contributed by atoms with Gasteiger partial charge in [-0.3, -0.25) is 9.99 Å². The van der Waals surface area contributed by atoms with Gasteiger partial charge in [-0.2, -0.15) is 15.5 Å². The topological polar surface area (TPSA) is 114 Å². The zero-order valence-electron chi connectivity index (χ0n) is 24.2. The number of hydrazine groups is 2. The number of pyridine rings is 1. The van der Waals surface area contributed by atoms with Gasteiger partial charge in [-0.25, -0.2) is 4.39 Å². The number of benzene rings is 2. The van der Waals surface area contributed by atoms with E-state index in [0.29, 0.717) is 46.3 Å². The van der Waals surface area contributed by atoms with Crippen LogP contribution >= 0.6 is 0 Å². The van der Waals surface area contributed by atoms with Crippen LogP contribution in [-0.4, -0.2) is 32.8 Å². The summed E-state index contributed by atoms with van der Waals surface area (Å²) in [6.07, 6.45) is 8.88. The maximum atomic E-state index is 14.0. The largest absolute Gasteiger partial charge is 0.383 e. The fourth-order valence-electron chi connectivity index (χ4n) is 4.73. The zero-order chi connectivity index (χ0) is 29.5. The van der Waals surface area contributed by atoms with Crippen molar-refractivity contribution >= 4 is 22.3 Å². The Hall–Kier alpha value is -4.75. The second kappa shape index (κ2) is 10.7. The van der Waals surface area contributed by atoms with E-state index < -0.39 is 6.02 Å². The number of hydrogen-bond donors (Lipinski definition) is 4. The number of fused-ring (bicyclic) bond motifs is 1. The van der Waals surface area contributed by atoms with Crippen molar-refractivity contribution in [2.24, 2.45) is 5.41 Å². The molecule has 1 aliphatic heterocycles. The van der Waals surface area contributed by atoms with Gasteiger partial charge in [0.15, 0.2) is 0 Å². The summed E-state index contributed by atoms with van der Waals surface area (Å²) in [5, 5.41) is 27.6. The number of rotatable bonds is 8. The Morgan fingerprint density at radius 2 is 1.98 bits per heavy atom. The summed E-state index contributed by atoms with van der Waals surface area (Å²) in [6.45, 7) is 6.99. The third kappa shape index (κ3) is 5.76. The highest BCUT2D eigenvalue weighted by Gasteiger charge is 2.32. The van der Waals surface area contributed by atoms with Crippen molar-refractivity contribution in [3.63, 3.8) is 0 Å². The number of anilines is 2. The van der Waals surface area contributed by atoms with E-state index in [-0.39, 0.29) is 11.2 Å². The molecule has 0 radical (unpaired) electrons. The van der Waals surface area contributed by atoms with E-state index in [1.165, 1.54) is 12.1 Å². The van der Waals surface area contributed by atoms with Crippen LogP contribution in [0.1, 0.15) is 52.1 Å². The first-order chi connectivity index (χ1) is 20.1. The molecule has 1 unspecified atom stereocenters. The van der Waals surface area contributed by atoms with E-state index in [0.717, 1.165) is 29.4 Å². The number of aromatic nitrogens is 3. The minimum absolute atomic E-state index is 0.0456. The van der Waals surface area contributed by atoms with Crippen LogP contribution in [0.4, 0.5) is 15.8 Å². The Balaban J connectivity index is 1.53. The maximum absolute atomic E-state index is 14.0. The third-order valence-corrected chi connectivity index (χ3v) is 6.98. The summed E-state index contributed by atoms with van der Waals surface area (Å²) >= 11 is 0. The summed E-state index contributed by atoms with van der Waals surface area (Å²) in [5.74, 6) is -0.380. The lowest BCUT2D eigenvalue weighted by molar-refractivity contribution is 0.260. The minimum Gasteiger partial charge on any atom is -0.383 e. The van der Waals surface area contributed by atoms with Crippen LogP contribution in [0, 0.1) is 22.6 Å². The molecule has 41 heavy (non-hydrogen) atoms. The summed E-state index contributed by atoms with van der Waals surface area (Å²) in [5.41, 5.74) is 11.3. The highest BCUT2D eigenvalue weighted by Crippen LogP contribution is 2.38. The fraction of sp³-hybridized carbons (Fsp3) is 0.290. The van der Waals surface area contributed by atoms with Gasteiger partial charge in [-0.15, -0.1) is 5.53 Å². The van der Waals surface area contributed by atoms with Crippen LogP contribution in [-0.2, 0) is 0 Å². The average Bonchev–Trinajstić information content (AvgIpc) is 3.71. The summed E-state index contributed by atoms with van der Waals surface area (Å²) in [6, 6.07) is 12.7. The molecular weight excluding hydrogens is 517 g/mol. The van der Waals surface area contributed by atoms with Gasteiger partial charge in [0.2, 0.25) is 0 Å². The van der Waals surface area contributed by atoms with Gasteiger partial charge in [-0.1, -0.05) is 32.9 Å². The molecule has 4 N–H and O–H groups in total. The van der Waals surface area contributed by atoms with Gasteiger partial charge in [-0.05, 0) is 54.2 Å². The summed E-state index contributed by atoms with van der Waals surface area (Å²) in [7, 11) is 0. The quantitative estimate of drug-likeness (QED) is 0.221. The monoisotopic (exact) mass is 550 g/mol. The molecule has 4 aromatic rings. The van der Waals surface area contributed by atoms with Crippen LogP contribution < -0.4 is 21.6 Å². The van der Waals surface area contributed by atoms with E-state index in [9.17, 15) is 11.0 Å². The van der Waals surface area contributed by atoms with E-state index in [1.807, 2.05) is 29.4 Å². The normalized spacial score (nSPS) is 16.8. The molecule has 1 saturated carbocycles. The summed E-state index contributed by atoms with van der Waals surface area (Å²) < 4.78 is 23.7. The van der Waals surface area contributed by atoms with E-state index >= 15 is 0 Å². The first-order valence-corrected chi connectivity index (χ1v) is 13.6. The molecule has 0 saturated heterocycles. The van der Waals surface area contributed by atoms with Crippen molar-refractivity contribution in [3.8, 4) is 17.2 Å². The molecule has 3 heterocycles. The van der Waals surface area contributed by atoms with Crippen molar-refractivity contribution in [2.45, 2.75) is 45.7 Å². The number of hydrogen-bond acceptors (Lipinski definition) is 9. The van der Waals surface area contributed by atoms with Gasteiger partial charge in [0, 0.05) is 47.2 Å². The summed E-state index contributed by atoms with van der Waals surface area (Å²) in [4.78, 5) is 4.69. The number of nitriles is 1. The Morgan fingerprint density at radius 1 is 1.17 bits per heavy atom. The van der Waals surface area contributed by atoms with E-state index in [1.54, 1.807) is 30.7 Å². The second-order valence-electron chi connectivity index (χ2n) is 11.5. The van der Waals surface area contributed by atoms with Gasteiger partial charge in [0.05, 0.1) is 42.2 Å². The second-order valence-corrected chi connectivity index (χ2v) is 11.5. The Bertz CT molecular complexity index is 1690. The SMILES string of the molecule is [2H]C(Nc1cc(-c2ccnnc2)c2ncc(C#N)c(NCC(C)(C)C)c2c1)(C1=CN(C2CC2)NN1)c1ccc(F)cc1. The predicted molar refractivity (Wildman–Crippen MR) is 157 cm³/mol. The lowest BCUT2D eigenvalue weighted by Crippen LogP contribution is -2.38. The molecule has 1 aliphatic carbocycles. The molecule has 0 bridgehead atoms. The van der Waals surface area contributed by atoms with Gasteiger partial charge >= 0.3 is 0 Å². The van der Waals surface area contributed by atoms with Gasteiger partial charge in [0.1, 0.15) is 11.9 Å². The third-order valence-electron chi connectivity index (χ3n) is 6.98. The lowest BCUT2D eigenvalue weighted by atomic mass is 9.95. The zero-order valence-corrected chi connectivity index (χ0v) is 23.2. The van der Waals surface area contributed by atoms with Gasteiger partial charge < -0.3 is 16.1 Å². The van der Waals surface area contributed by atoms with Crippen LogP contribution in [0.25, 0.3) is 22.0 Å². The highest BCUT2D eigenvalue weighted by atomic mass is 19.1. The smallest absolute Gasteiger partial charge is 0.123 e. The molecule has 1 atom stereocenters. The van der Waals surface area contributed by atoms with Crippen molar-refractivity contribution in [3.05, 3.63) is 89.9 Å². The molecule has 10 heteroatoms. The number of halogens is 1. The Kier molecular flexibility index (Phi) is 6.57. The average molecular weight is 551 g/mol. The number of nitrogens with one attached hydrogen (secondary N) is 4. The molecule has 2 aromatic heterocycles. The van der Waals surface area contributed by atoms with E-state index in [2.05, 4.69) is 63.6 Å². The van der Waals surface area contributed by atoms with E-state index in [4.69, 9.17) is 0 Å². The molecule has 6 rings (SSSR count). The predicted octanol–water partition coefficient (Wildman–Crippen LogP) is 5.64. The molecule has 0 amide bonds. The highest BCUT2D eigenvalue weighted by molar-refractivity contribution is 6.04. The minimum atomic E-state index is -1.52. The molecule has 0 spiro atoms. The Labute approximate surface area is 239 Å². The molecule has 208 valence electrons. The first kappa shape index (κ1) is 25.2. The van der Waals surface area contributed by atoms with Crippen LogP contribution in [0.3, 0.4) is 0 Å². The molecule has 2 aromatic carbocycles. The van der Waals surface area contributed by atoms with Crippen LogP contribution in [0.15, 0.2) is 73.0 Å². The van der Waals surface area contributed by atoms with Crippen molar-refractivity contribution < 1.29 is 5.76 Å². The Morgan fingerprint density at radius 3 is 2.66 bits per heavy atom. The molecular formula is C31H32FN9. The van der Waals surface area contributed by atoms with Crippen molar-refractivity contribution in [2.75, 3.05) is 17.2 Å². The molecule has 2 aliphatic rings. The molecule has 9 nitrogen and oxygen atoms in total. The fourth-order valence-corrected chi connectivity index (χ4v) is 4.73. The molecule has 1 fully saturated rings. The maximum Gasteiger partial charge on any atom is 0.123 e. The van der Waals surface area contributed by atoms with Crippen molar-refractivity contribution in [1.29, 1.82) is 5.26 Å². The van der Waals surface area contributed by atoms with Crippen molar-refractivity contribution in [1.82, 2.24) is 31.2 Å². The van der Waals surface area contributed by atoms with Crippen LogP contribution in [0.5, 0.6) is 0 Å². The standard InChI is InChI=1S/C31H32FN9/c1-31(2,3)18-35-28-21(14-33)15-34-30-25(20-10-11-36-37-16-20)12-23(13-26(28)30)38-29(19-4-6-22(32)7-5-19)27-17-41(40-39-27)24-8-9-24/h4-7,10-13,15-17,24,29,38-40H,8-9,18H2,1-3H3,(H,34,35)/i29D. The van der Waals surface area contributed by atoms with Crippen LogP contribution in [0.2, 0.25) is 0 Å². The first-order valence-electron chi connectivity index (χ1n) is 14.1. The number of nitrogens with zero attached hydrogens (tertiary/aromatic N) is 5. The van der Waals surface area contributed by atoms with Gasteiger partial charge in [0.25, 0.3) is 0 Å².